The van der Waals surface area contributed by atoms with E-state index in [1.165, 1.54) is 11.1 Å². The second-order valence-electron chi connectivity index (χ2n) is 7.63. The minimum atomic E-state index is -0.291. The molecule has 27 heavy (non-hydrogen) atoms. The summed E-state index contributed by atoms with van der Waals surface area (Å²) in [6.45, 7) is 4.37. The van der Waals surface area contributed by atoms with E-state index in [9.17, 15) is 10.1 Å². The van der Waals surface area contributed by atoms with E-state index in [1.807, 2.05) is 0 Å². The lowest BCUT2D eigenvalue weighted by atomic mass is 9.76. The molecule has 0 aromatic heterocycles. The molecule has 4 rings (SSSR count). The summed E-state index contributed by atoms with van der Waals surface area (Å²) in [4.78, 5) is 11.3. The Labute approximate surface area is 159 Å². The van der Waals surface area contributed by atoms with Gasteiger partial charge in [0.15, 0.2) is 0 Å². The van der Waals surface area contributed by atoms with Gasteiger partial charge in [-0.25, -0.2) is 0 Å². The molecule has 2 aromatic carbocycles. The number of nitrogens with zero attached hydrogens (tertiary/aromatic N) is 1. The molecule has 0 fully saturated rings. The second-order valence-corrected chi connectivity index (χ2v) is 7.63. The normalized spacial score (nSPS) is 22.9. The Hall–Kier alpha value is -2.82. The molecule has 0 amide bonds. The highest BCUT2D eigenvalue weighted by Gasteiger charge is 2.42. The number of hydrogen-bond acceptors (Lipinski definition) is 4. The summed E-state index contributed by atoms with van der Waals surface area (Å²) >= 11 is 0. The first-order valence-electron chi connectivity index (χ1n) is 9.39. The first kappa shape index (κ1) is 17.6. The molecule has 1 N–H and O–H groups in total. The maximum Gasteiger partial charge on any atom is 0.275 e. The smallest absolute Gasteiger partial charge is 0.275 e. The van der Waals surface area contributed by atoms with Crippen molar-refractivity contribution in [2.45, 2.75) is 38.1 Å². The number of nitro groups is 1. The van der Waals surface area contributed by atoms with Gasteiger partial charge in [-0.05, 0) is 35.4 Å². The zero-order valence-electron chi connectivity index (χ0n) is 15.8. The van der Waals surface area contributed by atoms with Crippen LogP contribution in [0, 0.1) is 16.0 Å². The molecule has 0 saturated heterocycles. The molecule has 5 nitrogen and oxygen atoms in total. The number of fused-ring (bicyclic) bond motifs is 3. The third kappa shape index (κ3) is 2.87. The van der Waals surface area contributed by atoms with Gasteiger partial charge in [-0.1, -0.05) is 50.3 Å². The van der Waals surface area contributed by atoms with Crippen LogP contribution in [0.4, 0.5) is 11.4 Å². The van der Waals surface area contributed by atoms with Gasteiger partial charge in [0.25, 0.3) is 5.69 Å². The quantitative estimate of drug-likeness (QED) is 0.439. The van der Waals surface area contributed by atoms with Gasteiger partial charge in [-0.15, -0.1) is 0 Å². The van der Waals surface area contributed by atoms with Crippen molar-refractivity contribution in [3.63, 3.8) is 0 Å². The second kappa shape index (κ2) is 6.72. The van der Waals surface area contributed by atoms with Crippen LogP contribution in [0.15, 0.2) is 48.6 Å². The van der Waals surface area contributed by atoms with Gasteiger partial charge >= 0.3 is 0 Å². The average molecular weight is 364 g/mol. The molecule has 5 heteroatoms. The van der Waals surface area contributed by atoms with E-state index >= 15 is 0 Å². The molecule has 0 spiro atoms. The van der Waals surface area contributed by atoms with Crippen LogP contribution in [0.25, 0.3) is 0 Å². The third-order valence-corrected chi connectivity index (χ3v) is 5.84. The Morgan fingerprint density at radius 2 is 1.93 bits per heavy atom. The molecule has 1 aliphatic heterocycles. The molecule has 0 unspecified atom stereocenters. The molecular weight excluding hydrogens is 340 g/mol. The number of nitro benzene ring substituents is 1. The summed E-state index contributed by atoms with van der Waals surface area (Å²) in [6.07, 6.45) is 5.17. The minimum absolute atomic E-state index is 0.0199. The Balaban J connectivity index is 1.81. The standard InChI is InChI=1S/C22H24N2O3/c1-13(2)14-7-9-15(10-8-14)21-17-6-4-5-16(17)20-18(24(25)26)11-12-19(27-3)22(20)23-21/h4-5,7-13,16-17,21,23H,6H2,1-3H3/t16-,17+,21-/m1/s1. The number of methoxy groups -OCH3 is 1. The van der Waals surface area contributed by atoms with E-state index in [0.29, 0.717) is 11.7 Å². The van der Waals surface area contributed by atoms with Crippen LogP contribution in [-0.2, 0) is 0 Å². The summed E-state index contributed by atoms with van der Waals surface area (Å²) in [6, 6.07) is 12.0. The van der Waals surface area contributed by atoms with Crippen molar-refractivity contribution in [3.05, 3.63) is 75.4 Å². The van der Waals surface area contributed by atoms with Gasteiger partial charge in [0.2, 0.25) is 0 Å². The van der Waals surface area contributed by atoms with Crippen molar-refractivity contribution in [3.8, 4) is 5.75 Å². The Kier molecular flexibility index (Phi) is 4.38. The summed E-state index contributed by atoms with van der Waals surface area (Å²) < 4.78 is 5.52. The average Bonchev–Trinajstić information content (AvgIpc) is 3.16. The molecule has 0 bridgehead atoms. The molecule has 1 heterocycles. The fourth-order valence-corrected chi connectivity index (χ4v) is 4.41. The topological polar surface area (TPSA) is 64.4 Å². The highest BCUT2D eigenvalue weighted by atomic mass is 16.6. The first-order chi connectivity index (χ1) is 13.0. The zero-order chi connectivity index (χ0) is 19.1. The number of rotatable bonds is 4. The van der Waals surface area contributed by atoms with Crippen molar-refractivity contribution in [1.29, 1.82) is 0 Å². The summed E-state index contributed by atoms with van der Waals surface area (Å²) in [5.41, 5.74) is 4.17. The fraction of sp³-hybridized carbons (Fsp3) is 0.364. The van der Waals surface area contributed by atoms with E-state index in [-0.39, 0.29) is 28.5 Å². The largest absolute Gasteiger partial charge is 0.495 e. The van der Waals surface area contributed by atoms with E-state index in [4.69, 9.17) is 4.74 Å². The lowest BCUT2D eigenvalue weighted by molar-refractivity contribution is -0.385. The van der Waals surface area contributed by atoms with Crippen LogP contribution in [0.2, 0.25) is 0 Å². The number of benzene rings is 2. The lowest BCUT2D eigenvalue weighted by Crippen LogP contribution is -2.30. The van der Waals surface area contributed by atoms with Crippen molar-refractivity contribution < 1.29 is 9.66 Å². The number of ether oxygens (including phenoxy) is 1. The first-order valence-corrected chi connectivity index (χ1v) is 9.39. The molecular formula is C22H24N2O3. The Morgan fingerprint density at radius 3 is 2.56 bits per heavy atom. The predicted octanol–water partition coefficient (Wildman–Crippen LogP) is 5.55. The fourth-order valence-electron chi connectivity index (χ4n) is 4.41. The highest BCUT2D eigenvalue weighted by molar-refractivity contribution is 5.73. The van der Waals surface area contributed by atoms with Gasteiger partial charge in [-0.3, -0.25) is 10.1 Å². The van der Waals surface area contributed by atoms with Crippen LogP contribution in [0.1, 0.15) is 54.8 Å². The molecule has 1 aliphatic carbocycles. The highest BCUT2D eigenvalue weighted by Crippen LogP contribution is 2.54. The molecule has 3 atom stereocenters. The predicted molar refractivity (Wildman–Crippen MR) is 107 cm³/mol. The summed E-state index contributed by atoms with van der Waals surface area (Å²) in [7, 11) is 1.60. The van der Waals surface area contributed by atoms with Crippen LogP contribution >= 0.6 is 0 Å². The van der Waals surface area contributed by atoms with E-state index in [2.05, 4.69) is 55.6 Å². The maximum absolute atomic E-state index is 11.6. The van der Waals surface area contributed by atoms with Crippen molar-refractivity contribution in [1.82, 2.24) is 0 Å². The van der Waals surface area contributed by atoms with Gasteiger partial charge < -0.3 is 10.1 Å². The monoisotopic (exact) mass is 364 g/mol. The maximum atomic E-state index is 11.6. The van der Waals surface area contributed by atoms with Crippen molar-refractivity contribution in [2.24, 2.45) is 5.92 Å². The Morgan fingerprint density at radius 1 is 1.19 bits per heavy atom. The van der Waals surface area contributed by atoms with Gasteiger partial charge in [-0.2, -0.15) is 0 Å². The SMILES string of the molecule is COc1ccc([N+](=O)[O-])c2c1N[C@H](c1ccc(C(C)C)cc1)[C@H]1CC=C[C@@H]21. The van der Waals surface area contributed by atoms with Crippen LogP contribution < -0.4 is 10.1 Å². The third-order valence-electron chi connectivity index (χ3n) is 5.84. The number of nitrogens with one attached hydrogen (secondary N) is 1. The number of hydrogen-bond donors (Lipinski definition) is 1. The van der Waals surface area contributed by atoms with Crippen LogP contribution in [0.3, 0.4) is 0 Å². The van der Waals surface area contributed by atoms with E-state index in [1.54, 1.807) is 19.2 Å². The van der Waals surface area contributed by atoms with Gasteiger partial charge in [0, 0.05) is 12.0 Å². The van der Waals surface area contributed by atoms with Crippen molar-refractivity contribution >= 4 is 11.4 Å². The summed E-state index contributed by atoms with van der Waals surface area (Å²) in [5, 5.41) is 15.2. The molecule has 2 aliphatic rings. The van der Waals surface area contributed by atoms with Crippen molar-refractivity contribution in [2.75, 3.05) is 12.4 Å². The van der Waals surface area contributed by atoms with Crippen LogP contribution in [0.5, 0.6) is 5.75 Å². The van der Waals surface area contributed by atoms with Gasteiger partial charge in [0.1, 0.15) is 5.75 Å². The minimum Gasteiger partial charge on any atom is -0.495 e. The lowest BCUT2D eigenvalue weighted by Gasteiger charge is -2.37. The zero-order valence-corrected chi connectivity index (χ0v) is 15.8. The molecule has 0 radical (unpaired) electrons. The van der Waals surface area contributed by atoms with Crippen LogP contribution in [-0.4, -0.2) is 12.0 Å². The number of anilines is 1. The molecule has 2 aromatic rings. The van der Waals surface area contributed by atoms with E-state index < -0.39 is 0 Å². The van der Waals surface area contributed by atoms with Gasteiger partial charge in [0.05, 0.1) is 29.3 Å². The molecule has 140 valence electrons. The summed E-state index contributed by atoms with van der Waals surface area (Å²) in [5.74, 6) is 1.42. The number of allylic oxidation sites excluding steroid dienone is 2. The van der Waals surface area contributed by atoms with E-state index in [0.717, 1.165) is 17.7 Å². The molecule has 0 saturated carbocycles. The Bertz CT molecular complexity index is 903.